The largest absolute Gasteiger partial charge is 1.00 e. The summed E-state index contributed by atoms with van der Waals surface area (Å²) in [7, 11) is 0. The van der Waals surface area contributed by atoms with Gasteiger partial charge in [-0.15, -0.1) is 0 Å². The number of H-pyrrole nitrogens is 1. The predicted octanol–water partition coefficient (Wildman–Crippen LogP) is -3.31. The first-order valence-electron chi connectivity index (χ1n) is 7.51. The fourth-order valence-corrected chi connectivity index (χ4v) is 4.40. The third-order valence-electron chi connectivity index (χ3n) is 5.02. The van der Waals surface area contributed by atoms with E-state index in [0.29, 0.717) is 24.4 Å². The normalized spacial score (nSPS) is 28.2. The van der Waals surface area contributed by atoms with E-state index in [9.17, 15) is 19.5 Å². The van der Waals surface area contributed by atoms with E-state index in [-0.39, 0.29) is 60.5 Å². The molecular weight excluding hydrogens is 357 g/mol. The van der Waals surface area contributed by atoms with Gasteiger partial charge in [0.2, 0.25) is 5.91 Å². The Bertz CT molecular complexity index is 788. The standard InChI is InChI=1S/C14H15N5O4S.Na.H/c1-5(20)18-3-6-2-7(11(24)12-15-4-16-17-12)9(14(22)23)19-8(6)10(18)13(19)21;;/h4,6,8,10-11,24H,2-3H2,1H3,(H,22,23)(H,15,16,17);;/q;+1;-1/t6-,8-,10+,11?;;/m1../s1. The van der Waals surface area contributed by atoms with Crippen LogP contribution in [0.2, 0.25) is 0 Å². The van der Waals surface area contributed by atoms with Gasteiger partial charge in [-0.25, -0.2) is 9.78 Å². The Labute approximate surface area is 172 Å². The van der Waals surface area contributed by atoms with Gasteiger partial charge >= 0.3 is 35.5 Å². The predicted molar refractivity (Wildman–Crippen MR) is 83.8 cm³/mol. The summed E-state index contributed by atoms with van der Waals surface area (Å²) in [6.07, 6.45) is 1.77. The molecule has 128 valence electrons. The maximum absolute atomic E-state index is 12.5. The zero-order chi connectivity index (χ0) is 17.2. The van der Waals surface area contributed by atoms with E-state index in [1.54, 1.807) is 4.90 Å². The zero-order valence-electron chi connectivity index (χ0n) is 14.7. The molecule has 0 spiro atoms. The average molecular weight is 373 g/mol. The second-order valence-electron chi connectivity index (χ2n) is 6.23. The van der Waals surface area contributed by atoms with Crippen LogP contribution < -0.4 is 29.6 Å². The van der Waals surface area contributed by atoms with Crippen LogP contribution in [0, 0.1) is 5.92 Å². The molecule has 25 heavy (non-hydrogen) atoms. The van der Waals surface area contributed by atoms with Gasteiger partial charge in [0.1, 0.15) is 23.9 Å². The van der Waals surface area contributed by atoms with Crippen LogP contribution in [-0.2, 0) is 14.4 Å². The number of aromatic amines is 1. The number of β-lactam (4-membered cyclic amide) rings is 1. The van der Waals surface area contributed by atoms with Crippen LogP contribution in [0.15, 0.2) is 17.6 Å². The van der Waals surface area contributed by atoms with Crippen molar-refractivity contribution in [2.75, 3.05) is 6.54 Å². The van der Waals surface area contributed by atoms with Gasteiger partial charge in [0.15, 0.2) is 0 Å². The van der Waals surface area contributed by atoms with Gasteiger partial charge in [-0.3, -0.25) is 19.6 Å². The number of amides is 2. The molecule has 3 aliphatic rings. The van der Waals surface area contributed by atoms with E-state index >= 15 is 0 Å². The minimum Gasteiger partial charge on any atom is -1.00 e. The van der Waals surface area contributed by atoms with Crippen molar-refractivity contribution in [2.45, 2.75) is 30.7 Å². The summed E-state index contributed by atoms with van der Waals surface area (Å²) in [6.45, 7) is 1.87. The summed E-state index contributed by atoms with van der Waals surface area (Å²) in [5.74, 6) is -1.25. The van der Waals surface area contributed by atoms with Gasteiger partial charge in [0.25, 0.3) is 5.91 Å². The Balaban J connectivity index is 0.00000121. The smallest absolute Gasteiger partial charge is 1.00 e. The van der Waals surface area contributed by atoms with Crippen LogP contribution in [0.5, 0.6) is 0 Å². The third-order valence-corrected chi connectivity index (χ3v) is 5.58. The van der Waals surface area contributed by atoms with Crippen LogP contribution in [0.25, 0.3) is 0 Å². The van der Waals surface area contributed by atoms with E-state index in [0.717, 1.165) is 0 Å². The monoisotopic (exact) mass is 373 g/mol. The Kier molecular flexibility index (Phi) is 4.73. The summed E-state index contributed by atoms with van der Waals surface area (Å²) < 4.78 is 0. The minimum atomic E-state index is -1.17. The van der Waals surface area contributed by atoms with Crippen molar-refractivity contribution in [3.8, 4) is 0 Å². The SMILES string of the molecule is CC(=O)N1C[C@H]2CC(C(S)c3ncn[nH]3)=C(C(=O)O)N3C(=O)[C@@H]1[C@@H]23.[H-].[Na+]. The fraction of sp³-hybridized carbons (Fsp3) is 0.500. The topological polar surface area (TPSA) is 119 Å². The number of nitrogens with one attached hydrogen (secondary N) is 1. The van der Waals surface area contributed by atoms with Gasteiger partial charge in [0, 0.05) is 19.4 Å². The van der Waals surface area contributed by atoms with Crippen molar-refractivity contribution < 1.29 is 50.5 Å². The fourth-order valence-electron chi connectivity index (χ4n) is 4.05. The van der Waals surface area contributed by atoms with Gasteiger partial charge in [-0.2, -0.15) is 17.7 Å². The molecule has 1 aromatic heterocycles. The molecule has 0 aromatic carbocycles. The van der Waals surface area contributed by atoms with E-state index in [1.165, 1.54) is 18.2 Å². The Morgan fingerprint density at radius 2 is 2.24 bits per heavy atom. The molecule has 4 atom stereocenters. The number of hydrogen-bond donors (Lipinski definition) is 3. The molecule has 3 aliphatic heterocycles. The molecule has 2 N–H and O–H groups in total. The molecule has 9 nitrogen and oxygen atoms in total. The number of likely N-dealkylation sites (tertiary alicyclic amines) is 1. The van der Waals surface area contributed by atoms with Gasteiger partial charge in [-0.1, -0.05) is 0 Å². The van der Waals surface area contributed by atoms with Crippen molar-refractivity contribution in [3.63, 3.8) is 0 Å². The first-order chi connectivity index (χ1) is 11.4. The minimum absolute atomic E-state index is 0. The van der Waals surface area contributed by atoms with Crippen molar-refractivity contribution in [3.05, 3.63) is 23.4 Å². The molecule has 0 radical (unpaired) electrons. The van der Waals surface area contributed by atoms with E-state index < -0.39 is 17.3 Å². The number of carboxylic acid groups (broad SMARTS) is 1. The van der Waals surface area contributed by atoms with E-state index in [1.807, 2.05) is 0 Å². The quantitative estimate of drug-likeness (QED) is 0.290. The number of aliphatic carboxylic acids is 1. The summed E-state index contributed by atoms with van der Waals surface area (Å²) in [6, 6.07) is -0.793. The molecule has 0 saturated carbocycles. The van der Waals surface area contributed by atoms with Crippen LogP contribution in [-0.4, -0.2) is 66.5 Å². The summed E-state index contributed by atoms with van der Waals surface area (Å²) in [5.41, 5.74) is 0.473. The molecule has 0 aliphatic carbocycles. The Hall–Kier alpha value is -1.36. The molecular formula is C14H16N5NaO4S. The molecule has 2 fully saturated rings. The number of thiol groups is 1. The first kappa shape index (κ1) is 18.4. The van der Waals surface area contributed by atoms with Crippen LogP contribution in [0.4, 0.5) is 0 Å². The van der Waals surface area contributed by atoms with Crippen molar-refractivity contribution in [1.82, 2.24) is 25.0 Å². The second kappa shape index (κ2) is 6.42. The molecule has 4 rings (SSSR count). The van der Waals surface area contributed by atoms with Gasteiger partial charge in [0.05, 0.1) is 11.3 Å². The van der Waals surface area contributed by atoms with Crippen molar-refractivity contribution in [2.24, 2.45) is 5.92 Å². The molecule has 1 unspecified atom stereocenters. The number of aromatic nitrogens is 3. The van der Waals surface area contributed by atoms with Crippen LogP contribution >= 0.6 is 12.6 Å². The summed E-state index contributed by atoms with van der Waals surface area (Å²) >= 11 is 4.49. The van der Waals surface area contributed by atoms with Crippen molar-refractivity contribution in [1.29, 1.82) is 0 Å². The Morgan fingerprint density at radius 3 is 2.80 bits per heavy atom. The average Bonchev–Trinajstić information content (AvgIpc) is 3.17. The molecule has 4 heterocycles. The number of nitrogens with zero attached hydrogens (tertiary/aromatic N) is 4. The third kappa shape index (κ3) is 2.54. The maximum Gasteiger partial charge on any atom is 1.00 e. The van der Waals surface area contributed by atoms with Gasteiger partial charge < -0.3 is 11.4 Å². The summed E-state index contributed by atoms with van der Waals surface area (Å²) in [5, 5.41) is 15.5. The van der Waals surface area contributed by atoms with E-state index in [2.05, 4.69) is 27.8 Å². The number of carbonyl (C=O) groups is 3. The molecule has 2 amide bonds. The zero-order valence-corrected chi connectivity index (χ0v) is 16.6. The van der Waals surface area contributed by atoms with Crippen LogP contribution in [0.1, 0.15) is 25.8 Å². The summed E-state index contributed by atoms with van der Waals surface area (Å²) in [4.78, 5) is 43.0. The first-order valence-corrected chi connectivity index (χ1v) is 8.03. The van der Waals surface area contributed by atoms with E-state index in [4.69, 9.17) is 0 Å². The Morgan fingerprint density at radius 1 is 1.52 bits per heavy atom. The number of carbonyl (C=O) groups excluding carboxylic acids is 2. The number of hydrogen-bond acceptors (Lipinski definition) is 6. The molecule has 11 heteroatoms. The van der Waals surface area contributed by atoms with Gasteiger partial charge in [-0.05, 0) is 12.0 Å². The molecule has 2 saturated heterocycles. The van der Waals surface area contributed by atoms with Crippen molar-refractivity contribution >= 4 is 30.4 Å². The number of rotatable bonds is 3. The number of carboxylic acids is 1. The second-order valence-corrected chi connectivity index (χ2v) is 6.75. The molecule has 1 aromatic rings. The van der Waals surface area contributed by atoms with Crippen LogP contribution in [0.3, 0.4) is 0 Å². The molecule has 0 bridgehead atoms. The maximum atomic E-state index is 12.5.